The van der Waals surface area contributed by atoms with Crippen LogP contribution in [0.25, 0.3) is 0 Å². The van der Waals surface area contributed by atoms with Gasteiger partial charge < -0.3 is 10.1 Å². The number of benzene rings is 2. The van der Waals surface area contributed by atoms with Crippen molar-refractivity contribution in [2.24, 2.45) is 0 Å². The fourth-order valence-electron chi connectivity index (χ4n) is 2.91. The van der Waals surface area contributed by atoms with Crippen LogP contribution in [0.5, 0.6) is 5.75 Å². The minimum atomic E-state index is -3.73. The molecule has 1 unspecified atom stereocenters. The van der Waals surface area contributed by atoms with Crippen molar-refractivity contribution in [2.75, 3.05) is 20.2 Å². The lowest BCUT2D eigenvalue weighted by Crippen LogP contribution is -2.38. The van der Waals surface area contributed by atoms with Gasteiger partial charge in [-0.05, 0) is 42.3 Å². The molecule has 3 rings (SSSR count). The molecule has 2 aromatic rings. The zero-order valence-electron chi connectivity index (χ0n) is 13.7. The lowest BCUT2D eigenvalue weighted by Gasteiger charge is -2.27. The van der Waals surface area contributed by atoms with Crippen molar-refractivity contribution in [3.05, 3.63) is 58.6 Å². The first-order valence-corrected chi connectivity index (χ1v) is 9.52. The summed E-state index contributed by atoms with van der Waals surface area (Å²) in [5, 5.41) is 3.70. The summed E-state index contributed by atoms with van der Waals surface area (Å²) < 4.78 is 33.1. The molecule has 25 heavy (non-hydrogen) atoms. The first kappa shape index (κ1) is 20.0. The zero-order chi connectivity index (χ0) is 17.2. The van der Waals surface area contributed by atoms with Gasteiger partial charge in [-0.25, -0.2) is 13.1 Å². The number of ether oxygens (including phenoxy) is 1. The number of fused-ring (bicyclic) bond motifs is 1. The van der Waals surface area contributed by atoms with Crippen LogP contribution in [0.1, 0.15) is 17.2 Å². The van der Waals surface area contributed by atoms with Crippen LogP contribution in [0.2, 0.25) is 5.02 Å². The molecule has 136 valence electrons. The Morgan fingerprint density at radius 3 is 2.80 bits per heavy atom. The first-order chi connectivity index (χ1) is 11.5. The molecule has 0 fully saturated rings. The van der Waals surface area contributed by atoms with Crippen LogP contribution in [0.4, 0.5) is 0 Å². The predicted octanol–water partition coefficient (Wildman–Crippen LogP) is 2.94. The Morgan fingerprint density at radius 1 is 1.28 bits per heavy atom. The van der Waals surface area contributed by atoms with Crippen LogP contribution in [0, 0.1) is 0 Å². The van der Waals surface area contributed by atoms with E-state index in [1.807, 2.05) is 18.2 Å². The fourth-order valence-corrected chi connectivity index (χ4v) is 4.38. The Balaban J connectivity index is 0.00000225. The SMILES string of the molecule is COc1ccc(Cl)cc1S(=O)(=O)NCC1NCCc2ccccc21.Cl. The minimum absolute atomic E-state index is 0. The van der Waals surface area contributed by atoms with E-state index in [1.54, 1.807) is 12.1 Å². The number of sulfonamides is 1. The zero-order valence-corrected chi connectivity index (χ0v) is 16.0. The maximum absolute atomic E-state index is 12.6. The molecule has 1 aliphatic heterocycles. The van der Waals surface area contributed by atoms with Crippen molar-refractivity contribution < 1.29 is 13.2 Å². The van der Waals surface area contributed by atoms with Crippen molar-refractivity contribution >= 4 is 34.0 Å². The number of halogens is 2. The lowest BCUT2D eigenvalue weighted by atomic mass is 9.95. The lowest BCUT2D eigenvalue weighted by molar-refractivity contribution is 0.402. The van der Waals surface area contributed by atoms with Crippen molar-refractivity contribution in [1.29, 1.82) is 0 Å². The van der Waals surface area contributed by atoms with E-state index in [9.17, 15) is 8.42 Å². The summed E-state index contributed by atoms with van der Waals surface area (Å²) in [5.74, 6) is 0.268. The predicted molar refractivity (Wildman–Crippen MR) is 101 cm³/mol. The van der Waals surface area contributed by atoms with Gasteiger partial charge in [0.05, 0.1) is 7.11 Å². The van der Waals surface area contributed by atoms with Crippen LogP contribution >= 0.6 is 24.0 Å². The molecule has 1 heterocycles. The summed E-state index contributed by atoms with van der Waals surface area (Å²) >= 11 is 5.94. The van der Waals surface area contributed by atoms with Gasteiger partial charge in [0.1, 0.15) is 10.6 Å². The normalized spacial score (nSPS) is 16.6. The maximum atomic E-state index is 12.6. The van der Waals surface area contributed by atoms with Crippen molar-refractivity contribution in [2.45, 2.75) is 17.4 Å². The number of nitrogens with one attached hydrogen (secondary N) is 2. The van der Waals surface area contributed by atoms with E-state index >= 15 is 0 Å². The Morgan fingerprint density at radius 2 is 2.04 bits per heavy atom. The first-order valence-electron chi connectivity index (χ1n) is 7.65. The van der Waals surface area contributed by atoms with E-state index in [2.05, 4.69) is 16.1 Å². The summed E-state index contributed by atoms with van der Waals surface area (Å²) in [6.07, 6.45) is 0.946. The highest BCUT2D eigenvalue weighted by atomic mass is 35.5. The van der Waals surface area contributed by atoms with Crippen LogP contribution in [0.3, 0.4) is 0 Å². The highest BCUT2D eigenvalue weighted by molar-refractivity contribution is 7.89. The van der Waals surface area contributed by atoms with Crippen LogP contribution in [-0.4, -0.2) is 28.6 Å². The highest BCUT2D eigenvalue weighted by Crippen LogP contribution is 2.28. The second-order valence-corrected chi connectivity index (χ2v) is 7.77. The van der Waals surface area contributed by atoms with E-state index < -0.39 is 10.0 Å². The molecule has 0 radical (unpaired) electrons. The van der Waals surface area contributed by atoms with Gasteiger partial charge in [0, 0.05) is 17.6 Å². The van der Waals surface area contributed by atoms with E-state index in [0.717, 1.165) is 18.5 Å². The Bertz CT molecular complexity index is 844. The van der Waals surface area contributed by atoms with Gasteiger partial charge in [-0.1, -0.05) is 35.9 Å². The molecule has 0 saturated carbocycles. The molecule has 0 aromatic heterocycles. The topological polar surface area (TPSA) is 67.4 Å². The van der Waals surface area contributed by atoms with E-state index in [4.69, 9.17) is 16.3 Å². The second-order valence-electron chi connectivity index (χ2n) is 5.60. The maximum Gasteiger partial charge on any atom is 0.244 e. The molecule has 0 aliphatic carbocycles. The van der Waals surface area contributed by atoms with Gasteiger partial charge in [-0.2, -0.15) is 0 Å². The molecular formula is C17H20Cl2N2O3S. The molecule has 0 saturated heterocycles. The number of hydrogen-bond acceptors (Lipinski definition) is 4. The third-order valence-corrected chi connectivity index (χ3v) is 5.79. The third kappa shape index (κ3) is 4.46. The van der Waals surface area contributed by atoms with Gasteiger partial charge in [0.25, 0.3) is 0 Å². The number of methoxy groups -OCH3 is 1. The van der Waals surface area contributed by atoms with Gasteiger partial charge in [0.15, 0.2) is 0 Å². The molecule has 1 aliphatic rings. The monoisotopic (exact) mass is 402 g/mol. The minimum Gasteiger partial charge on any atom is -0.495 e. The average molecular weight is 403 g/mol. The molecule has 2 aromatic carbocycles. The fraction of sp³-hybridized carbons (Fsp3) is 0.294. The van der Waals surface area contributed by atoms with E-state index in [1.165, 1.54) is 18.7 Å². The quantitative estimate of drug-likeness (QED) is 0.806. The number of hydrogen-bond donors (Lipinski definition) is 2. The highest BCUT2D eigenvalue weighted by Gasteiger charge is 2.24. The summed E-state index contributed by atoms with van der Waals surface area (Å²) in [6.45, 7) is 1.08. The van der Waals surface area contributed by atoms with Gasteiger partial charge in [-0.15, -0.1) is 12.4 Å². The molecule has 0 amide bonds. The van der Waals surface area contributed by atoms with Crippen molar-refractivity contribution in [1.82, 2.24) is 10.0 Å². The van der Waals surface area contributed by atoms with Crippen molar-refractivity contribution in [3.8, 4) is 5.75 Å². The van der Waals surface area contributed by atoms with Crippen molar-refractivity contribution in [3.63, 3.8) is 0 Å². The van der Waals surface area contributed by atoms with E-state index in [-0.39, 0.29) is 35.6 Å². The molecule has 5 nitrogen and oxygen atoms in total. The third-order valence-electron chi connectivity index (χ3n) is 4.11. The molecule has 2 N–H and O–H groups in total. The summed E-state index contributed by atoms with van der Waals surface area (Å²) in [7, 11) is -2.30. The van der Waals surface area contributed by atoms with Crippen LogP contribution < -0.4 is 14.8 Å². The molecular weight excluding hydrogens is 383 g/mol. The van der Waals surface area contributed by atoms with Crippen LogP contribution in [0.15, 0.2) is 47.4 Å². The molecule has 8 heteroatoms. The second kappa shape index (κ2) is 8.38. The molecule has 0 spiro atoms. The standard InChI is InChI=1S/C17H19ClN2O3S.ClH/c1-23-16-7-6-13(18)10-17(16)24(21,22)20-11-15-14-5-3-2-4-12(14)8-9-19-15;/h2-7,10,15,19-20H,8-9,11H2,1H3;1H. The summed E-state index contributed by atoms with van der Waals surface area (Å²) in [5.41, 5.74) is 2.38. The smallest absolute Gasteiger partial charge is 0.244 e. The molecule has 0 bridgehead atoms. The summed E-state index contributed by atoms with van der Waals surface area (Å²) in [4.78, 5) is 0.0431. The van der Waals surface area contributed by atoms with Crippen LogP contribution in [-0.2, 0) is 16.4 Å². The van der Waals surface area contributed by atoms with Gasteiger partial charge in [-0.3, -0.25) is 0 Å². The number of rotatable bonds is 5. The summed E-state index contributed by atoms with van der Waals surface area (Å²) in [6, 6.07) is 12.6. The Hall–Kier alpha value is -1.31. The van der Waals surface area contributed by atoms with Gasteiger partial charge in [0.2, 0.25) is 10.0 Å². The van der Waals surface area contributed by atoms with E-state index in [0.29, 0.717) is 5.02 Å². The Kier molecular flexibility index (Phi) is 6.71. The average Bonchev–Trinajstić information content (AvgIpc) is 2.60. The largest absolute Gasteiger partial charge is 0.495 e. The Labute approximate surface area is 159 Å². The molecule has 1 atom stereocenters. The van der Waals surface area contributed by atoms with Gasteiger partial charge >= 0.3 is 0 Å².